The van der Waals surface area contributed by atoms with Gasteiger partial charge in [0.2, 0.25) is 5.16 Å². The van der Waals surface area contributed by atoms with E-state index in [2.05, 4.69) is 15.2 Å². The number of aromatic nitrogens is 3. The molecule has 1 aromatic carbocycles. The molecule has 6 nitrogen and oxygen atoms in total. The normalized spacial score (nSPS) is 10.2. The topological polar surface area (TPSA) is 77.1 Å². The Balaban J connectivity index is 1.58. The lowest BCUT2D eigenvalue weighted by molar-refractivity contribution is -0.141. The van der Waals surface area contributed by atoms with Gasteiger partial charge < -0.3 is 9.47 Å². The van der Waals surface area contributed by atoms with Crippen molar-refractivity contribution < 1.29 is 14.3 Å². The van der Waals surface area contributed by atoms with Gasteiger partial charge in [0.25, 0.3) is 0 Å². The quantitative estimate of drug-likeness (QED) is 0.477. The molecule has 1 aromatic heterocycles. The number of ether oxygens (including phenoxy) is 2. The average Bonchev–Trinajstić information content (AvgIpc) is 2.88. The SMILES string of the molecule is Cc1nc(SCC(=O)OCCOc2ccccc2)n[nH]1. The largest absolute Gasteiger partial charge is 0.490 e. The van der Waals surface area contributed by atoms with Crippen molar-refractivity contribution in [2.75, 3.05) is 19.0 Å². The molecule has 2 aromatic rings. The van der Waals surface area contributed by atoms with Gasteiger partial charge in [0.05, 0.1) is 5.75 Å². The third kappa shape index (κ3) is 4.93. The molecule has 0 aliphatic carbocycles. The number of H-pyrrole nitrogens is 1. The molecule has 0 fully saturated rings. The standard InChI is InChI=1S/C13H15N3O3S/c1-10-14-13(16-15-10)20-9-12(17)19-8-7-18-11-5-3-2-4-6-11/h2-6H,7-9H2,1H3,(H,14,15,16). The molecule has 0 bridgehead atoms. The molecule has 0 spiro atoms. The maximum Gasteiger partial charge on any atom is 0.316 e. The smallest absolute Gasteiger partial charge is 0.316 e. The third-order valence-electron chi connectivity index (χ3n) is 2.25. The first-order valence-electron chi connectivity index (χ1n) is 6.09. The first-order chi connectivity index (χ1) is 9.74. The Morgan fingerprint density at radius 3 is 2.80 bits per heavy atom. The van der Waals surface area contributed by atoms with Gasteiger partial charge in [-0.1, -0.05) is 30.0 Å². The van der Waals surface area contributed by atoms with E-state index >= 15 is 0 Å². The summed E-state index contributed by atoms with van der Waals surface area (Å²) in [6.45, 7) is 2.36. The van der Waals surface area contributed by atoms with Crippen LogP contribution in [0.2, 0.25) is 0 Å². The molecular formula is C13H15N3O3S. The van der Waals surface area contributed by atoms with Crippen LogP contribution in [-0.2, 0) is 9.53 Å². The van der Waals surface area contributed by atoms with E-state index in [0.717, 1.165) is 11.6 Å². The van der Waals surface area contributed by atoms with Crippen LogP contribution in [0.1, 0.15) is 5.82 Å². The van der Waals surface area contributed by atoms with Crippen molar-refractivity contribution in [2.24, 2.45) is 0 Å². The van der Waals surface area contributed by atoms with Crippen molar-refractivity contribution in [3.8, 4) is 5.75 Å². The van der Waals surface area contributed by atoms with Gasteiger partial charge in [0, 0.05) is 0 Å². The van der Waals surface area contributed by atoms with Gasteiger partial charge in [-0.3, -0.25) is 9.89 Å². The molecule has 0 atom stereocenters. The number of benzene rings is 1. The first kappa shape index (κ1) is 14.4. The third-order valence-corrected chi connectivity index (χ3v) is 3.07. The number of rotatable bonds is 7. The fraction of sp³-hybridized carbons (Fsp3) is 0.308. The number of para-hydroxylation sites is 1. The van der Waals surface area contributed by atoms with Crippen molar-refractivity contribution >= 4 is 17.7 Å². The first-order valence-corrected chi connectivity index (χ1v) is 7.08. The summed E-state index contributed by atoms with van der Waals surface area (Å²) >= 11 is 1.23. The maximum atomic E-state index is 11.5. The van der Waals surface area contributed by atoms with Crippen molar-refractivity contribution in [2.45, 2.75) is 12.1 Å². The Hall–Kier alpha value is -2.02. The molecule has 1 heterocycles. The number of nitrogens with one attached hydrogen (secondary N) is 1. The molecule has 0 aliphatic heterocycles. The van der Waals surface area contributed by atoms with E-state index in [-0.39, 0.29) is 18.3 Å². The highest BCUT2D eigenvalue weighted by Crippen LogP contribution is 2.12. The minimum atomic E-state index is -0.311. The second-order valence-electron chi connectivity index (χ2n) is 3.87. The number of esters is 1. The molecule has 0 saturated carbocycles. The number of aromatic amines is 1. The summed E-state index contributed by atoms with van der Waals surface area (Å²) in [6, 6.07) is 9.38. The van der Waals surface area contributed by atoms with Gasteiger partial charge in [-0.05, 0) is 19.1 Å². The number of carbonyl (C=O) groups excluding carboxylic acids is 1. The second-order valence-corrected chi connectivity index (χ2v) is 4.82. The maximum absolute atomic E-state index is 11.5. The minimum absolute atomic E-state index is 0.183. The van der Waals surface area contributed by atoms with Gasteiger partial charge in [-0.15, -0.1) is 5.10 Å². The Morgan fingerprint density at radius 2 is 2.10 bits per heavy atom. The molecule has 2 rings (SSSR count). The fourth-order valence-electron chi connectivity index (χ4n) is 1.38. The zero-order valence-electron chi connectivity index (χ0n) is 11.0. The Labute approximate surface area is 120 Å². The predicted molar refractivity (Wildman–Crippen MR) is 74.7 cm³/mol. The number of nitrogens with zero attached hydrogens (tertiary/aromatic N) is 2. The summed E-state index contributed by atoms with van der Waals surface area (Å²) in [4.78, 5) is 15.6. The lowest BCUT2D eigenvalue weighted by Crippen LogP contribution is -2.13. The summed E-state index contributed by atoms with van der Waals surface area (Å²) in [6.07, 6.45) is 0. The van der Waals surface area contributed by atoms with E-state index < -0.39 is 0 Å². The van der Waals surface area contributed by atoms with Crippen molar-refractivity contribution in [3.63, 3.8) is 0 Å². The van der Waals surface area contributed by atoms with Crippen LogP contribution in [0.15, 0.2) is 35.5 Å². The molecule has 7 heteroatoms. The molecule has 0 aliphatic rings. The molecule has 0 unspecified atom stereocenters. The highest BCUT2D eigenvalue weighted by atomic mass is 32.2. The van der Waals surface area contributed by atoms with Crippen LogP contribution in [-0.4, -0.2) is 40.1 Å². The minimum Gasteiger partial charge on any atom is -0.490 e. The van der Waals surface area contributed by atoms with E-state index in [0.29, 0.717) is 11.8 Å². The van der Waals surface area contributed by atoms with Crippen LogP contribution in [0, 0.1) is 6.92 Å². The van der Waals surface area contributed by atoms with Gasteiger partial charge >= 0.3 is 5.97 Å². The van der Waals surface area contributed by atoms with Gasteiger partial charge in [0.1, 0.15) is 24.8 Å². The van der Waals surface area contributed by atoms with E-state index in [9.17, 15) is 4.79 Å². The zero-order chi connectivity index (χ0) is 14.2. The fourth-order valence-corrected chi connectivity index (χ4v) is 2.03. The molecule has 1 N–H and O–H groups in total. The Morgan fingerprint density at radius 1 is 1.30 bits per heavy atom. The molecule has 0 radical (unpaired) electrons. The number of hydrogen-bond acceptors (Lipinski definition) is 6. The molecule has 106 valence electrons. The van der Waals surface area contributed by atoms with Crippen LogP contribution >= 0.6 is 11.8 Å². The van der Waals surface area contributed by atoms with Gasteiger partial charge in [-0.25, -0.2) is 4.98 Å². The zero-order valence-corrected chi connectivity index (χ0v) is 11.9. The van der Waals surface area contributed by atoms with Crippen LogP contribution in [0.3, 0.4) is 0 Å². The van der Waals surface area contributed by atoms with E-state index in [1.54, 1.807) is 6.92 Å². The highest BCUT2D eigenvalue weighted by Gasteiger charge is 2.07. The van der Waals surface area contributed by atoms with Crippen LogP contribution in [0.25, 0.3) is 0 Å². The van der Waals surface area contributed by atoms with E-state index in [1.165, 1.54) is 11.8 Å². The summed E-state index contributed by atoms with van der Waals surface area (Å²) in [5.74, 6) is 1.35. The lowest BCUT2D eigenvalue weighted by atomic mass is 10.3. The summed E-state index contributed by atoms with van der Waals surface area (Å²) in [5, 5.41) is 7.17. The van der Waals surface area contributed by atoms with Crippen LogP contribution in [0.4, 0.5) is 0 Å². The number of carbonyl (C=O) groups is 1. The Kier molecular flexibility index (Phi) is 5.43. The van der Waals surface area contributed by atoms with Crippen molar-refractivity contribution in [3.05, 3.63) is 36.2 Å². The summed E-state index contributed by atoms with van der Waals surface area (Å²) in [5.41, 5.74) is 0. The van der Waals surface area contributed by atoms with Crippen molar-refractivity contribution in [1.29, 1.82) is 0 Å². The Bertz CT molecular complexity index is 545. The van der Waals surface area contributed by atoms with Gasteiger partial charge in [-0.2, -0.15) is 0 Å². The average molecular weight is 293 g/mol. The number of thioether (sulfide) groups is 1. The second kappa shape index (κ2) is 7.54. The van der Waals surface area contributed by atoms with Crippen LogP contribution < -0.4 is 4.74 Å². The molecular weight excluding hydrogens is 278 g/mol. The van der Waals surface area contributed by atoms with Crippen molar-refractivity contribution in [1.82, 2.24) is 15.2 Å². The van der Waals surface area contributed by atoms with E-state index in [1.807, 2.05) is 30.3 Å². The monoisotopic (exact) mass is 293 g/mol. The summed E-state index contributed by atoms with van der Waals surface area (Å²) < 4.78 is 10.5. The number of hydrogen-bond donors (Lipinski definition) is 1. The van der Waals surface area contributed by atoms with E-state index in [4.69, 9.17) is 9.47 Å². The molecule has 20 heavy (non-hydrogen) atoms. The summed E-state index contributed by atoms with van der Waals surface area (Å²) in [7, 11) is 0. The lowest BCUT2D eigenvalue weighted by Gasteiger charge is -2.06. The highest BCUT2D eigenvalue weighted by molar-refractivity contribution is 7.99. The number of aryl methyl sites for hydroxylation is 1. The predicted octanol–water partition coefficient (Wildman–Crippen LogP) is 1.83. The van der Waals surface area contributed by atoms with Gasteiger partial charge in [0.15, 0.2) is 0 Å². The van der Waals surface area contributed by atoms with Crippen LogP contribution in [0.5, 0.6) is 5.75 Å². The molecule has 0 amide bonds. The molecule has 0 saturated heterocycles.